The molecule has 3 N–H and O–H groups in total. The Hall–Kier alpha value is -5.02. The van der Waals surface area contributed by atoms with Gasteiger partial charge in [0.25, 0.3) is 11.8 Å². The maximum Gasteiger partial charge on any atom is 0.339 e. The highest BCUT2D eigenvalue weighted by Gasteiger charge is 2.77. The molecule has 6 atom stereocenters. The number of benzene rings is 3. The van der Waals surface area contributed by atoms with Crippen LogP contribution < -0.4 is 9.80 Å². The lowest BCUT2D eigenvalue weighted by Gasteiger charge is -2.50. The highest BCUT2D eigenvalue weighted by molar-refractivity contribution is 6.58. The molecule has 10 nitrogen and oxygen atoms in total. The monoisotopic (exact) mass is 764 g/mol. The van der Waals surface area contributed by atoms with Crippen LogP contribution >= 0.6 is 23.2 Å². The van der Waals surface area contributed by atoms with Gasteiger partial charge in [-0.25, -0.2) is 36.5 Å². The average Bonchev–Trinajstić information content (AvgIpc) is 3.43. The summed E-state index contributed by atoms with van der Waals surface area (Å²) >= 11 is 14.2. The van der Waals surface area contributed by atoms with Crippen molar-refractivity contribution in [3.05, 3.63) is 93.3 Å². The number of fused-ring (bicyclic) bond motifs is 4. The van der Waals surface area contributed by atoms with E-state index in [9.17, 15) is 52.5 Å². The summed E-state index contributed by atoms with van der Waals surface area (Å²) in [5.41, 5.74) is -1.76. The van der Waals surface area contributed by atoms with Crippen LogP contribution in [0.2, 0.25) is 0 Å². The molecule has 2 saturated heterocycles. The molecule has 4 aliphatic rings. The molecule has 3 fully saturated rings. The number of allylic oxidation sites excluding steroid dienone is 2. The average molecular weight is 765 g/mol. The highest BCUT2D eigenvalue weighted by Crippen LogP contribution is 2.66. The number of carbonyl (C=O) groups is 5. The van der Waals surface area contributed by atoms with Crippen molar-refractivity contribution in [3.8, 4) is 11.5 Å². The minimum Gasteiger partial charge on any atom is -0.507 e. The summed E-state index contributed by atoms with van der Waals surface area (Å²) in [6.45, 7) is 2.99. The number of aromatic carboxylic acids is 1. The zero-order chi connectivity index (χ0) is 38.1. The molecule has 7 rings (SSSR count). The molecule has 4 amide bonds. The van der Waals surface area contributed by atoms with Crippen LogP contribution in [-0.4, -0.2) is 54.7 Å². The summed E-state index contributed by atoms with van der Waals surface area (Å²) in [6, 6.07) is 5.80. The molecule has 0 spiro atoms. The third-order valence-corrected chi connectivity index (χ3v) is 12.0. The molecular weight excluding hydrogens is 742 g/mol. The molecule has 0 aromatic heterocycles. The number of phenols is 2. The number of imide groups is 2. The van der Waals surface area contributed by atoms with E-state index in [1.807, 2.05) is 0 Å². The number of aromatic hydroxyl groups is 2. The number of hydrogen-bond acceptors (Lipinski definition) is 7. The lowest BCUT2D eigenvalue weighted by atomic mass is 9.56. The number of rotatable bonds is 4. The third-order valence-electron chi connectivity index (χ3n) is 10.5. The Bertz CT molecular complexity index is 2220. The normalized spacial score (nSPS) is 28.2. The lowest BCUT2D eigenvalue weighted by Crippen LogP contribution is -2.60. The number of alkyl halides is 2. The molecule has 2 aliphatic heterocycles. The lowest BCUT2D eigenvalue weighted by molar-refractivity contribution is -0.125. The Morgan fingerprint density at radius 1 is 0.808 bits per heavy atom. The zero-order valence-electron chi connectivity index (χ0n) is 26.6. The van der Waals surface area contributed by atoms with Gasteiger partial charge in [0, 0.05) is 12.0 Å². The molecule has 0 unspecified atom stereocenters. The molecule has 1 saturated carbocycles. The fraction of sp³-hybridized carbons (Fsp3) is 0.286. The van der Waals surface area contributed by atoms with Crippen molar-refractivity contribution in [1.82, 2.24) is 0 Å². The van der Waals surface area contributed by atoms with Crippen molar-refractivity contribution in [1.29, 1.82) is 0 Å². The van der Waals surface area contributed by atoms with Gasteiger partial charge in [0.2, 0.25) is 17.6 Å². The number of anilines is 2. The molecule has 0 bridgehead atoms. The first kappa shape index (κ1) is 35.4. The summed E-state index contributed by atoms with van der Waals surface area (Å²) in [7, 11) is 0. The van der Waals surface area contributed by atoms with Crippen LogP contribution in [0.25, 0.3) is 0 Å². The van der Waals surface area contributed by atoms with Crippen molar-refractivity contribution >= 4 is 64.2 Å². The predicted octanol–water partition coefficient (Wildman–Crippen LogP) is 5.88. The van der Waals surface area contributed by atoms with Crippen LogP contribution in [-0.2, 0) is 19.2 Å². The smallest absolute Gasteiger partial charge is 0.339 e. The number of aryl methyl sites for hydroxylation is 2. The Morgan fingerprint density at radius 2 is 1.38 bits per heavy atom. The van der Waals surface area contributed by atoms with Gasteiger partial charge in [-0.2, -0.15) is 0 Å². The SMILES string of the molecule is Cc1cc([C@H]2C3=CC[C@@H]4C(=O)N(c5ccc(C(=O)O)c(O)c5)C(=O)[C@@H]4[C@@H]3C[C@@]3(Cl)C(=O)N(c4c(F)c(F)c(F)c(F)c4F)C(=O)[C@@]23Cl)cc(C)c1O. The first-order valence-corrected chi connectivity index (χ1v) is 16.3. The Kier molecular flexibility index (Phi) is 7.82. The van der Waals surface area contributed by atoms with Crippen LogP contribution in [0.3, 0.4) is 0 Å². The molecule has 3 aromatic rings. The van der Waals surface area contributed by atoms with E-state index in [1.165, 1.54) is 32.1 Å². The van der Waals surface area contributed by atoms with Gasteiger partial charge in [-0.05, 0) is 61.4 Å². The molecule has 3 aromatic carbocycles. The van der Waals surface area contributed by atoms with Gasteiger partial charge >= 0.3 is 5.97 Å². The van der Waals surface area contributed by atoms with Crippen LogP contribution in [0.15, 0.2) is 42.0 Å². The van der Waals surface area contributed by atoms with E-state index in [4.69, 9.17) is 23.2 Å². The van der Waals surface area contributed by atoms with E-state index >= 15 is 8.78 Å². The topological polar surface area (TPSA) is 153 Å². The van der Waals surface area contributed by atoms with Gasteiger partial charge in [0.15, 0.2) is 33.0 Å². The molecule has 270 valence electrons. The second-order valence-electron chi connectivity index (χ2n) is 13.2. The fourth-order valence-electron chi connectivity index (χ4n) is 8.19. The Morgan fingerprint density at radius 3 is 1.94 bits per heavy atom. The standard InChI is InChI=1S/C35H23Cl2F5N2O8/c1-11-7-13(8-12(2)28(11)46)21-15-5-6-17-20(30(48)43(29(17)47)14-3-4-16(31(49)50)19(45)9-14)18(15)10-34(36)32(51)44(33(52)35(21,34)37)27-25(41)23(39)22(38)24(40)26(27)42/h3-5,7-9,17-18,20-21,45-46H,6,10H2,1-2H3,(H,49,50)/t17-,18+,20-,21-,34+,35-/m0/s1. The van der Waals surface area contributed by atoms with Gasteiger partial charge < -0.3 is 15.3 Å². The first-order chi connectivity index (χ1) is 24.3. The molecule has 52 heavy (non-hydrogen) atoms. The minimum atomic E-state index is -2.74. The van der Waals surface area contributed by atoms with E-state index in [2.05, 4.69) is 0 Å². The minimum absolute atomic E-state index is 0.130. The first-order valence-electron chi connectivity index (χ1n) is 15.5. The quantitative estimate of drug-likeness (QED) is 0.0745. The van der Waals surface area contributed by atoms with Crippen molar-refractivity contribution in [3.63, 3.8) is 0 Å². The van der Waals surface area contributed by atoms with E-state index in [0.29, 0.717) is 0 Å². The Labute approximate surface area is 299 Å². The summed E-state index contributed by atoms with van der Waals surface area (Å²) < 4.78 is 73.4. The van der Waals surface area contributed by atoms with E-state index in [0.717, 1.165) is 23.1 Å². The summed E-state index contributed by atoms with van der Waals surface area (Å²) in [6.07, 6.45) is 0.631. The number of halogens is 7. The summed E-state index contributed by atoms with van der Waals surface area (Å²) in [5, 5.41) is 30.2. The molecule has 17 heteroatoms. The van der Waals surface area contributed by atoms with Crippen LogP contribution in [0.5, 0.6) is 11.5 Å². The van der Waals surface area contributed by atoms with Gasteiger partial charge in [0.05, 0.1) is 17.5 Å². The van der Waals surface area contributed by atoms with E-state index in [-0.39, 0.29) is 45.0 Å². The second-order valence-corrected chi connectivity index (χ2v) is 14.5. The van der Waals surface area contributed by atoms with Crippen molar-refractivity contribution < 1.29 is 61.2 Å². The highest BCUT2D eigenvalue weighted by atomic mass is 35.5. The van der Waals surface area contributed by atoms with Gasteiger partial charge in [-0.3, -0.25) is 19.2 Å². The van der Waals surface area contributed by atoms with Gasteiger partial charge in [0.1, 0.15) is 22.7 Å². The third kappa shape index (κ3) is 4.38. The molecule has 2 heterocycles. The number of carboxylic acid groups (broad SMARTS) is 1. The number of amides is 4. The fourth-order valence-corrected chi connectivity index (χ4v) is 9.13. The van der Waals surface area contributed by atoms with E-state index in [1.54, 1.807) is 0 Å². The largest absolute Gasteiger partial charge is 0.507 e. The molecule has 2 aliphatic carbocycles. The van der Waals surface area contributed by atoms with Crippen molar-refractivity contribution in [2.24, 2.45) is 17.8 Å². The molecule has 0 radical (unpaired) electrons. The number of carbonyl (C=O) groups excluding carboxylic acids is 4. The van der Waals surface area contributed by atoms with E-state index < -0.39 is 116 Å². The number of phenolic OH excluding ortho intramolecular Hbond substituents is 1. The van der Waals surface area contributed by atoms with Crippen molar-refractivity contribution in [2.75, 3.05) is 9.80 Å². The Balaban J connectivity index is 1.42. The zero-order valence-corrected chi connectivity index (χ0v) is 28.1. The maximum absolute atomic E-state index is 15.2. The summed E-state index contributed by atoms with van der Waals surface area (Å²) in [4.78, 5) is 63.2. The summed E-state index contributed by atoms with van der Waals surface area (Å²) in [5.74, 6) is -24.9. The van der Waals surface area contributed by atoms with Gasteiger partial charge in [-0.15, -0.1) is 23.2 Å². The number of nitrogens with zero attached hydrogens (tertiary/aromatic N) is 2. The second kappa shape index (κ2) is 11.5. The number of hydrogen-bond donors (Lipinski definition) is 3. The molecular formula is C35H23Cl2F5N2O8. The van der Waals surface area contributed by atoms with Gasteiger partial charge in [-0.1, -0.05) is 23.8 Å². The van der Waals surface area contributed by atoms with Crippen LogP contribution in [0.4, 0.5) is 33.3 Å². The predicted molar refractivity (Wildman–Crippen MR) is 172 cm³/mol. The number of carboxylic acids is 1. The maximum atomic E-state index is 15.2. The van der Waals surface area contributed by atoms with Crippen LogP contribution in [0, 0.1) is 60.7 Å². The van der Waals surface area contributed by atoms with Crippen molar-refractivity contribution in [2.45, 2.75) is 42.4 Å². The van der Waals surface area contributed by atoms with Crippen LogP contribution in [0.1, 0.15) is 45.8 Å².